The molecule has 1 aliphatic heterocycles. The predicted molar refractivity (Wildman–Crippen MR) is 74.0 cm³/mol. The minimum absolute atomic E-state index is 0.400. The van der Waals surface area contributed by atoms with Gasteiger partial charge in [0.25, 0.3) is 0 Å². The van der Waals surface area contributed by atoms with Crippen LogP contribution in [0.5, 0.6) is 0 Å². The van der Waals surface area contributed by atoms with Crippen LogP contribution in [0, 0.1) is 6.92 Å². The first-order chi connectivity index (χ1) is 10.1. The van der Waals surface area contributed by atoms with E-state index in [2.05, 4.69) is 4.98 Å². The number of nitrogens with zero attached hydrogens (tertiary/aromatic N) is 1. The number of cyclic esters (lactones) is 1. The van der Waals surface area contributed by atoms with Gasteiger partial charge in [0.05, 0.1) is 18.2 Å². The van der Waals surface area contributed by atoms with Gasteiger partial charge in [-0.25, -0.2) is 9.59 Å². The lowest BCUT2D eigenvalue weighted by Crippen LogP contribution is -2.08. The number of pyridine rings is 1. The van der Waals surface area contributed by atoms with E-state index in [9.17, 15) is 9.59 Å². The number of aromatic nitrogens is 1. The summed E-state index contributed by atoms with van der Waals surface area (Å²) in [6, 6.07) is 8.68. The van der Waals surface area contributed by atoms with E-state index in [1.807, 2.05) is 13.0 Å². The Morgan fingerprint density at radius 1 is 1.33 bits per heavy atom. The molecule has 1 atom stereocenters. The summed E-state index contributed by atoms with van der Waals surface area (Å²) < 4.78 is 10.1. The van der Waals surface area contributed by atoms with Gasteiger partial charge < -0.3 is 9.47 Å². The van der Waals surface area contributed by atoms with E-state index < -0.39 is 18.0 Å². The second-order valence-electron chi connectivity index (χ2n) is 4.79. The number of benzene rings is 1. The van der Waals surface area contributed by atoms with Crippen LogP contribution >= 0.6 is 0 Å². The summed E-state index contributed by atoms with van der Waals surface area (Å²) >= 11 is 0. The molecule has 1 aliphatic rings. The van der Waals surface area contributed by atoms with Crippen LogP contribution < -0.4 is 0 Å². The number of esters is 2. The van der Waals surface area contributed by atoms with Crippen molar-refractivity contribution in [1.82, 2.24) is 4.98 Å². The molecule has 0 saturated carbocycles. The lowest BCUT2D eigenvalue weighted by molar-refractivity contribution is 0.0452. The molecule has 21 heavy (non-hydrogen) atoms. The highest BCUT2D eigenvalue weighted by Crippen LogP contribution is 2.34. The van der Waals surface area contributed by atoms with Crippen LogP contribution in [0.4, 0.5) is 0 Å². The zero-order valence-corrected chi connectivity index (χ0v) is 11.6. The average molecular weight is 283 g/mol. The summed E-state index contributed by atoms with van der Waals surface area (Å²) in [7, 11) is 1.33. The molecule has 2 aromatic rings. The zero-order chi connectivity index (χ0) is 15.0. The molecule has 2 heterocycles. The first kappa shape index (κ1) is 13.3. The highest BCUT2D eigenvalue weighted by atomic mass is 16.5. The van der Waals surface area contributed by atoms with Crippen LogP contribution in [0.2, 0.25) is 0 Å². The van der Waals surface area contributed by atoms with E-state index in [1.54, 1.807) is 30.5 Å². The van der Waals surface area contributed by atoms with Gasteiger partial charge >= 0.3 is 11.9 Å². The van der Waals surface area contributed by atoms with Crippen molar-refractivity contribution in [2.24, 2.45) is 0 Å². The van der Waals surface area contributed by atoms with E-state index >= 15 is 0 Å². The second kappa shape index (κ2) is 5.01. The molecule has 0 radical (unpaired) electrons. The van der Waals surface area contributed by atoms with E-state index in [0.29, 0.717) is 22.4 Å². The average Bonchev–Trinajstić information content (AvgIpc) is 2.85. The molecule has 0 N–H and O–H groups in total. The van der Waals surface area contributed by atoms with Crippen LogP contribution in [0.15, 0.2) is 36.5 Å². The summed E-state index contributed by atoms with van der Waals surface area (Å²) in [4.78, 5) is 27.8. The topological polar surface area (TPSA) is 65.5 Å². The SMILES string of the molecule is COC(=O)c1cc(C2OC(=O)c3cccnc32)ccc1C. The van der Waals surface area contributed by atoms with Gasteiger partial charge in [-0.1, -0.05) is 12.1 Å². The third kappa shape index (κ3) is 2.16. The highest BCUT2D eigenvalue weighted by molar-refractivity contribution is 5.94. The zero-order valence-electron chi connectivity index (χ0n) is 11.6. The molecule has 106 valence electrons. The van der Waals surface area contributed by atoms with Crippen molar-refractivity contribution >= 4 is 11.9 Å². The number of rotatable bonds is 2. The molecule has 5 nitrogen and oxygen atoms in total. The van der Waals surface area contributed by atoms with Crippen molar-refractivity contribution in [3.8, 4) is 0 Å². The first-order valence-corrected chi connectivity index (χ1v) is 6.46. The number of carbonyl (C=O) groups is 2. The fraction of sp³-hybridized carbons (Fsp3) is 0.188. The monoisotopic (exact) mass is 283 g/mol. The van der Waals surface area contributed by atoms with Crippen molar-refractivity contribution in [3.63, 3.8) is 0 Å². The molecule has 5 heteroatoms. The summed E-state index contributed by atoms with van der Waals surface area (Å²) in [5.74, 6) is -0.816. The maximum atomic E-state index is 11.8. The molecule has 0 saturated heterocycles. The minimum Gasteiger partial charge on any atom is -0.465 e. The fourth-order valence-electron chi connectivity index (χ4n) is 2.38. The highest BCUT2D eigenvalue weighted by Gasteiger charge is 2.33. The Morgan fingerprint density at radius 2 is 2.14 bits per heavy atom. The van der Waals surface area contributed by atoms with Crippen LogP contribution in [0.3, 0.4) is 0 Å². The van der Waals surface area contributed by atoms with Gasteiger partial charge in [0.15, 0.2) is 6.10 Å². The number of fused-ring (bicyclic) bond motifs is 1. The summed E-state index contributed by atoms with van der Waals surface area (Å²) in [5, 5.41) is 0. The molecule has 0 aliphatic carbocycles. The van der Waals surface area contributed by atoms with Gasteiger partial charge in [0.2, 0.25) is 0 Å². The number of ether oxygens (including phenoxy) is 2. The van der Waals surface area contributed by atoms with Crippen molar-refractivity contribution in [3.05, 3.63) is 64.5 Å². The summed E-state index contributed by atoms with van der Waals surface area (Å²) in [6.45, 7) is 1.82. The van der Waals surface area contributed by atoms with Crippen molar-refractivity contribution < 1.29 is 19.1 Å². The lowest BCUT2D eigenvalue weighted by Gasteiger charge is -2.12. The summed E-state index contributed by atoms with van der Waals surface area (Å²) in [6.07, 6.45) is 1.03. The fourth-order valence-corrected chi connectivity index (χ4v) is 2.38. The Labute approximate surface area is 121 Å². The largest absolute Gasteiger partial charge is 0.465 e. The quantitative estimate of drug-likeness (QED) is 0.792. The number of hydrogen-bond donors (Lipinski definition) is 0. The predicted octanol–water partition coefficient (Wildman–Crippen LogP) is 2.44. The smallest absolute Gasteiger partial charge is 0.341 e. The van der Waals surface area contributed by atoms with E-state index in [4.69, 9.17) is 9.47 Å². The number of aryl methyl sites for hydroxylation is 1. The summed E-state index contributed by atoms with van der Waals surface area (Å²) in [5.41, 5.74) is 2.99. The molecule has 0 amide bonds. The molecule has 1 aromatic heterocycles. The molecular weight excluding hydrogens is 270 g/mol. The Kier molecular flexibility index (Phi) is 3.17. The van der Waals surface area contributed by atoms with Gasteiger partial charge in [-0.2, -0.15) is 0 Å². The molecule has 3 rings (SSSR count). The third-order valence-electron chi connectivity index (χ3n) is 3.50. The van der Waals surface area contributed by atoms with Gasteiger partial charge in [-0.15, -0.1) is 0 Å². The Morgan fingerprint density at radius 3 is 2.90 bits per heavy atom. The maximum Gasteiger partial charge on any atom is 0.341 e. The van der Waals surface area contributed by atoms with Gasteiger partial charge in [0.1, 0.15) is 5.69 Å². The van der Waals surface area contributed by atoms with Crippen LogP contribution in [0.1, 0.15) is 43.6 Å². The van der Waals surface area contributed by atoms with Crippen LogP contribution in [-0.4, -0.2) is 24.0 Å². The van der Waals surface area contributed by atoms with E-state index in [0.717, 1.165) is 5.56 Å². The van der Waals surface area contributed by atoms with E-state index in [-0.39, 0.29) is 0 Å². The normalized spacial score (nSPS) is 16.3. The van der Waals surface area contributed by atoms with Crippen molar-refractivity contribution in [1.29, 1.82) is 0 Å². The maximum absolute atomic E-state index is 11.8. The molecule has 0 spiro atoms. The molecule has 0 fully saturated rings. The van der Waals surface area contributed by atoms with Crippen molar-refractivity contribution in [2.45, 2.75) is 13.0 Å². The minimum atomic E-state index is -0.585. The van der Waals surface area contributed by atoms with Gasteiger partial charge in [-0.3, -0.25) is 4.98 Å². The molecule has 1 unspecified atom stereocenters. The Balaban J connectivity index is 2.07. The van der Waals surface area contributed by atoms with Gasteiger partial charge in [-0.05, 0) is 36.2 Å². The van der Waals surface area contributed by atoms with Crippen molar-refractivity contribution in [2.75, 3.05) is 7.11 Å². The lowest BCUT2D eigenvalue weighted by atomic mass is 9.99. The number of carbonyl (C=O) groups excluding carboxylic acids is 2. The number of methoxy groups -OCH3 is 1. The second-order valence-corrected chi connectivity index (χ2v) is 4.79. The van der Waals surface area contributed by atoms with Crippen LogP contribution in [-0.2, 0) is 9.47 Å². The van der Waals surface area contributed by atoms with E-state index in [1.165, 1.54) is 7.11 Å². The first-order valence-electron chi connectivity index (χ1n) is 6.46. The molecule has 1 aromatic carbocycles. The number of hydrogen-bond acceptors (Lipinski definition) is 5. The Hall–Kier alpha value is -2.69. The molecular formula is C16H13NO4. The third-order valence-corrected chi connectivity index (χ3v) is 3.50. The molecule has 0 bridgehead atoms. The Bertz CT molecular complexity index is 739. The standard InChI is InChI=1S/C16H13NO4/c1-9-5-6-10(8-12(9)15(18)20-2)14-13-11(16(19)21-14)4-3-7-17-13/h3-8,14H,1-2H3. The van der Waals surface area contributed by atoms with Gasteiger partial charge in [0, 0.05) is 6.20 Å². The van der Waals surface area contributed by atoms with Crippen LogP contribution in [0.25, 0.3) is 0 Å².